The Morgan fingerprint density at radius 2 is 1.80 bits per heavy atom. The number of non-ortho nitro benzene ring substituents is 1. The SMILES string of the molecule is COc1cc([N+](=O)[O-])ccc1NS(=O)(=O)c1ccc(NC(C)=O)cc1. The predicted octanol–water partition coefficient (Wildman–Crippen LogP) is 2.36. The highest BCUT2D eigenvalue weighted by Crippen LogP contribution is 2.30. The molecule has 0 saturated heterocycles. The van der Waals surface area contributed by atoms with Gasteiger partial charge in [0.2, 0.25) is 5.91 Å². The second-order valence-electron chi connectivity index (χ2n) is 4.95. The summed E-state index contributed by atoms with van der Waals surface area (Å²) in [5.41, 5.74) is 0.304. The molecule has 132 valence electrons. The van der Waals surface area contributed by atoms with Crippen molar-refractivity contribution in [3.05, 3.63) is 52.6 Å². The number of carbonyl (C=O) groups is 1. The molecule has 0 radical (unpaired) electrons. The molecular formula is C15H15N3O6S. The van der Waals surface area contributed by atoms with Gasteiger partial charge in [-0.05, 0) is 30.3 Å². The van der Waals surface area contributed by atoms with E-state index in [-0.39, 0.29) is 27.9 Å². The van der Waals surface area contributed by atoms with Crippen molar-refractivity contribution in [1.29, 1.82) is 0 Å². The predicted molar refractivity (Wildman–Crippen MR) is 91.2 cm³/mol. The molecular weight excluding hydrogens is 350 g/mol. The Hall–Kier alpha value is -3.14. The van der Waals surface area contributed by atoms with E-state index >= 15 is 0 Å². The maximum atomic E-state index is 12.4. The van der Waals surface area contributed by atoms with E-state index in [2.05, 4.69) is 10.0 Å². The first-order chi connectivity index (χ1) is 11.7. The molecule has 1 amide bonds. The van der Waals surface area contributed by atoms with Gasteiger partial charge in [-0.25, -0.2) is 8.42 Å². The summed E-state index contributed by atoms with van der Waals surface area (Å²) in [5, 5.41) is 13.3. The topological polar surface area (TPSA) is 128 Å². The Balaban J connectivity index is 2.29. The molecule has 0 aromatic heterocycles. The molecule has 0 atom stereocenters. The standard InChI is InChI=1S/C15H15N3O6S/c1-10(19)16-11-3-6-13(7-4-11)25(22,23)17-14-8-5-12(18(20)21)9-15(14)24-2/h3-9,17H,1-2H3,(H,16,19). The average molecular weight is 365 g/mol. The highest BCUT2D eigenvalue weighted by Gasteiger charge is 2.18. The Bertz CT molecular complexity index is 909. The second kappa shape index (κ2) is 7.18. The number of nitrogens with one attached hydrogen (secondary N) is 2. The van der Waals surface area contributed by atoms with Gasteiger partial charge in [0.15, 0.2) is 0 Å². The fourth-order valence-electron chi connectivity index (χ4n) is 2.00. The quantitative estimate of drug-likeness (QED) is 0.597. The van der Waals surface area contributed by atoms with Gasteiger partial charge in [-0.3, -0.25) is 19.6 Å². The summed E-state index contributed by atoms with van der Waals surface area (Å²) in [6, 6.07) is 9.08. The fourth-order valence-corrected chi connectivity index (χ4v) is 3.07. The number of nitro benzene ring substituents is 1. The summed E-state index contributed by atoms with van der Waals surface area (Å²) >= 11 is 0. The van der Waals surface area contributed by atoms with Crippen molar-refractivity contribution in [3.63, 3.8) is 0 Å². The molecule has 0 fully saturated rings. The van der Waals surface area contributed by atoms with Crippen LogP contribution >= 0.6 is 0 Å². The van der Waals surface area contributed by atoms with Crippen LogP contribution in [0.5, 0.6) is 5.75 Å². The summed E-state index contributed by atoms with van der Waals surface area (Å²) in [7, 11) is -2.66. The van der Waals surface area contributed by atoms with Gasteiger partial charge < -0.3 is 10.1 Å². The Labute approximate surface area is 143 Å². The van der Waals surface area contributed by atoms with E-state index in [0.29, 0.717) is 5.69 Å². The van der Waals surface area contributed by atoms with E-state index < -0.39 is 14.9 Å². The number of nitro groups is 1. The Morgan fingerprint density at radius 1 is 1.16 bits per heavy atom. The molecule has 0 aliphatic carbocycles. The fraction of sp³-hybridized carbons (Fsp3) is 0.133. The van der Waals surface area contributed by atoms with Crippen LogP contribution in [0.3, 0.4) is 0 Å². The van der Waals surface area contributed by atoms with Crippen LogP contribution in [0.4, 0.5) is 17.1 Å². The first kappa shape index (κ1) is 18.2. The van der Waals surface area contributed by atoms with Crippen molar-refractivity contribution >= 4 is 33.0 Å². The lowest BCUT2D eigenvalue weighted by atomic mass is 10.2. The lowest BCUT2D eigenvalue weighted by Crippen LogP contribution is -2.14. The summed E-state index contributed by atoms with van der Waals surface area (Å²) in [4.78, 5) is 21.1. The minimum Gasteiger partial charge on any atom is -0.494 e. The minimum atomic E-state index is -3.94. The smallest absolute Gasteiger partial charge is 0.273 e. The van der Waals surface area contributed by atoms with Gasteiger partial charge in [0.25, 0.3) is 15.7 Å². The molecule has 0 bridgehead atoms. The van der Waals surface area contributed by atoms with Crippen molar-refractivity contribution < 1.29 is 22.9 Å². The minimum absolute atomic E-state index is 0.0210. The number of amides is 1. The van der Waals surface area contributed by atoms with Crippen LogP contribution in [0.25, 0.3) is 0 Å². The number of hydrogen-bond acceptors (Lipinski definition) is 6. The van der Waals surface area contributed by atoms with Crippen molar-refractivity contribution in [1.82, 2.24) is 0 Å². The van der Waals surface area contributed by atoms with Crippen LogP contribution in [-0.2, 0) is 14.8 Å². The third kappa shape index (κ3) is 4.44. The molecule has 0 spiro atoms. The summed E-state index contributed by atoms with van der Waals surface area (Å²) < 4.78 is 32.2. The molecule has 0 unspecified atom stereocenters. The number of nitrogens with zero attached hydrogens (tertiary/aromatic N) is 1. The number of sulfonamides is 1. The van der Waals surface area contributed by atoms with Gasteiger partial charge in [-0.1, -0.05) is 0 Å². The molecule has 2 N–H and O–H groups in total. The van der Waals surface area contributed by atoms with Crippen LogP contribution in [0.1, 0.15) is 6.92 Å². The number of carbonyl (C=O) groups excluding carboxylic acids is 1. The molecule has 10 heteroatoms. The first-order valence-corrected chi connectivity index (χ1v) is 8.44. The van der Waals surface area contributed by atoms with E-state index in [1.54, 1.807) is 0 Å². The lowest BCUT2D eigenvalue weighted by molar-refractivity contribution is -0.384. The average Bonchev–Trinajstić information content (AvgIpc) is 2.54. The molecule has 2 rings (SSSR count). The molecule has 0 heterocycles. The largest absolute Gasteiger partial charge is 0.494 e. The number of anilines is 2. The normalized spacial score (nSPS) is 10.8. The third-order valence-electron chi connectivity index (χ3n) is 3.13. The zero-order valence-corrected chi connectivity index (χ0v) is 14.2. The van der Waals surface area contributed by atoms with E-state index in [9.17, 15) is 23.3 Å². The van der Waals surface area contributed by atoms with Crippen LogP contribution in [0.15, 0.2) is 47.4 Å². The summed E-state index contributed by atoms with van der Waals surface area (Å²) in [6.45, 7) is 1.34. The highest BCUT2D eigenvalue weighted by atomic mass is 32.2. The zero-order chi connectivity index (χ0) is 18.6. The Kier molecular flexibility index (Phi) is 5.22. The van der Waals surface area contributed by atoms with Crippen molar-refractivity contribution in [2.45, 2.75) is 11.8 Å². The molecule has 0 saturated carbocycles. The number of benzene rings is 2. The number of hydrogen-bond donors (Lipinski definition) is 2. The maximum Gasteiger partial charge on any atom is 0.273 e. The van der Waals surface area contributed by atoms with Crippen molar-refractivity contribution in [2.75, 3.05) is 17.1 Å². The first-order valence-electron chi connectivity index (χ1n) is 6.96. The van der Waals surface area contributed by atoms with Crippen LogP contribution in [0, 0.1) is 10.1 Å². The Morgan fingerprint density at radius 3 is 2.32 bits per heavy atom. The van der Waals surface area contributed by atoms with Gasteiger partial charge >= 0.3 is 0 Å². The summed E-state index contributed by atoms with van der Waals surface area (Å²) in [6.07, 6.45) is 0. The molecule has 9 nitrogen and oxygen atoms in total. The number of ether oxygens (including phenoxy) is 1. The van der Waals surface area contributed by atoms with E-state index in [4.69, 9.17) is 4.74 Å². The van der Waals surface area contributed by atoms with Gasteiger partial charge in [0, 0.05) is 18.7 Å². The number of methoxy groups -OCH3 is 1. The van der Waals surface area contributed by atoms with Gasteiger partial charge in [0.1, 0.15) is 5.75 Å². The third-order valence-corrected chi connectivity index (χ3v) is 4.51. The molecule has 0 aliphatic heterocycles. The van der Waals surface area contributed by atoms with Crippen LogP contribution < -0.4 is 14.8 Å². The van der Waals surface area contributed by atoms with Crippen LogP contribution in [-0.4, -0.2) is 26.4 Å². The highest BCUT2D eigenvalue weighted by molar-refractivity contribution is 7.92. The zero-order valence-electron chi connectivity index (χ0n) is 13.3. The molecule has 25 heavy (non-hydrogen) atoms. The van der Waals surface area contributed by atoms with Crippen molar-refractivity contribution in [3.8, 4) is 5.75 Å². The molecule has 2 aromatic carbocycles. The van der Waals surface area contributed by atoms with Gasteiger partial charge in [-0.15, -0.1) is 0 Å². The van der Waals surface area contributed by atoms with E-state index in [1.807, 2.05) is 0 Å². The van der Waals surface area contributed by atoms with Crippen LogP contribution in [0.2, 0.25) is 0 Å². The molecule has 0 aliphatic rings. The summed E-state index contributed by atoms with van der Waals surface area (Å²) in [5.74, 6) is -0.253. The van der Waals surface area contributed by atoms with Gasteiger partial charge in [0.05, 0.1) is 28.7 Å². The van der Waals surface area contributed by atoms with E-state index in [0.717, 1.165) is 6.07 Å². The lowest BCUT2D eigenvalue weighted by Gasteiger charge is -2.12. The van der Waals surface area contributed by atoms with Crippen molar-refractivity contribution in [2.24, 2.45) is 0 Å². The monoisotopic (exact) mass is 365 g/mol. The number of rotatable bonds is 6. The maximum absolute atomic E-state index is 12.4. The van der Waals surface area contributed by atoms with E-state index in [1.165, 1.54) is 50.4 Å². The van der Waals surface area contributed by atoms with Gasteiger partial charge in [-0.2, -0.15) is 0 Å². The second-order valence-corrected chi connectivity index (χ2v) is 6.64. The molecule has 2 aromatic rings.